The Balaban J connectivity index is 1.52. The largest absolute Gasteiger partial charge is 0.432 e. The standard InChI is InChI=1S/C26H42O3/c1-16(2)7-6-8-17(3)20-11-12-21-19-10-9-18-15-23(27)29-24(28)26(18,5)22(19)13-14-25(20,21)4/h15-17,19-22,24,28H,6-14H2,1-5H3/t17-,19+,20-,21+,22+,24+,25-,26+/m1/s1. The lowest BCUT2D eigenvalue weighted by Gasteiger charge is -2.58. The van der Waals surface area contributed by atoms with Gasteiger partial charge in [0.2, 0.25) is 6.29 Å². The summed E-state index contributed by atoms with van der Waals surface area (Å²) in [5.41, 5.74) is 1.22. The highest BCUT2D eigenvalue weighted by molar-refractivity contribution is 5.84. The van der Waals surface area contributed by atoms with Crippen LogP contribution in [0.25, 0.3) is 0 Å². The molecule has 0 aromatic carbocycles. The lowest BCUT2D eigenvalue weighted by Crippen LogP contribution is -2.56. The predicted molar refractivity (Wildman–Crippen MR) is 116 cm³/mol. The van der Waals surface area contributed by atoms with Gasteiger partial charge in [-0.15, -0.1) is 0 Å². The molecule has 3 aliphatic carbocycles. The van der Waals surface area contributed by atoms with Gasteiger partial charge in [0.05, 0.1) is 5.41 Å². The van der Waals surface area contributed by atoms with Crippen molar-refractivity contribution >= 4 is 5.97 Å². The lowest BCUT2D eigenvalue weighted by molar-refractivity contribution is -0.209. The molecule has 1 aliphatic heterocycles. The van der Waals surface area contributed by atoms with Gasteiger partial charge >= 0.3 is 5.97 Å². The van der Waals surface area contributed by atoms with Crippen molar-refractivity contribution in [1.82, 2.24) is 0 Å². The molecular formula is C26H42O3. The van der Waals surface area contributed by atoms with E-state index in [1.165, 1.54) is 44.9 Å². The number of fused-ring (bicyclic) bond motifs is 5. The molecule has 3 saturated carbocycles. The number of carbonyl (C=O) groups is 1. The molecule has 0 aromatic rings. The fourth-order valence-electron chi connectivity index (χ4n) is 8.27. The molecule has 0 aromatic heterocycles. The van der Waals surface area contributed by atoms with E-state index in [1.54, 1.807) is 6.08 Å². The molecule has 3 fully saturated rings. The first-order valence-electron chi connectivity index (χ1n) is 12.3. The van der Waals surface area contributed by atoms with Gasteiger partial charge in [0, 0.05) is 6.08 Å². The summed E-state index contributed by atoms with van der Waals surface area (Å²) in [4.78, 5) is 11.9. The van der Waals surface area contributed by atoms with E-state index in [0.29, 0.717) is 17.3 Å². The molecule has 0 saturated heterocycles. The van der Waals surface area contributed by atoms with Gasteiger partial charge in [-0.05, 0) is 86.4 Å². The molecule has 4 rings (SSSR count). The normalized spacial score (nSPS) is 45.1. The Labute approximate surface area is 177 Å². The summed E-state index contributed by atoms with van der Waals surface area (Å²) in [7, 11) is 0. The van der Waals surface area contributed by atoms with Gasteiger partial charge in [0.25, 0.3) is 0 Å². The summed E-state index contributed by atoms with van der Waals surface area (Å²) in [5, 5.41) is 10.8. The molecule has 4 aliphatic rings. The molecule has 0 bridgehead atoms. The third-order valence-corrected chi connectivity index (χ3v) is 9.88. The smallest absolute Gasteiger partial charge is 0.333 e. The summed E-state index contributed by atoms with van der Waals surface area (Å²) in [6.07, 6.45) is 12.1. The van der Waals surface area contributed by atoms with Gasteiger partial charge in [0.1, 0.15) is 0 Å². The third-order valence-electron chi connectivity index (χ3n) is 9.88. The van der Waals surface area contributed by atoms with Crippen LogP contribution in [0.5, 0.6) is 0 Å². The Hall–Kier alpha value is -0.830. The van der Waals surface area contributed by atoms with Crippen molar-refractivity contribution in [3.8, 4) is 0 Å². The topological polar surface area (TPSA) is 46.5 Å². The van der Waals surface area contributed by atoms with E-state index in [2.05, 4.69) is 34.6 Å². The molecule has 0 spiro atoms. The Morgan fingerprint density at radius 1 is 1.10 bits per heavy atom. The van der Waals surface area contributed by atoms with Gasteiger partial charge in [0.15, 0.2) is 0 Å². The number of hydrogen-bond acceptors (Lipinski definition) is 3. The molecule has 0 unspecified atom stereocenters. The highest BCUT2D eigenvalue weighted by atomic mass is 16.6. The molecule has 1 N–H and O–H groups in total. The Morgan fingerprint density at radius 3 is 2.59 bits per heavy atom. The number of esters is 1. The minimum absolute atomic E-state index is 0.361. The van der Waals surface area contributed by atoms with E-state index in [9.17, 15) is 9.90 Å². The minimum atomic E-state index is -0.973. The van der Waals surface area contributed by atoms with E-state index in [-0.39, 0.29) is 11.4 Å². The van der Waals surface area contributed by atoms with Gasteiger partial charge in [-0.3, -0.25) is 0 Å². The van der Waals surface area contributed by atoms with Crippen LogP contribution in [0.4, 0.5) is 0 Å². The van der Waals surface area contributed by atoms with E-state index in [0.717, 1.165) is 42.1 Å². The number of aliphatic hydroxyl groups excluding tert-OH is 1. The van der Waals surface area contributed by atoms with E-state index in [4.69, 9.17) is 4.74 Å². The van der Waals surface area contributed by atoms with Gasteiger partial charge in [-0.2, -0.15) is 0 Å². The number of hydrogen-bond donors (Lipinski definition) is 1. The molecule has 0 amide bonds. The van der Waals surface area contributed by atoms with Crippen molar-refractivity contribution in [2.45, 2.75) is 98.7 Å². The van der Waals surface area contributed by atoms with Crippen LogP contribution in [0, 0.1) is 46.3 Å². The quantitative estimate of drug-likeness (QED) is 0.564. The second-order valence-corrected chi connectivity index (χ2v) is 11.7. The Kier molecular flexibility index (Phi) is 5.68. The maximum absolute atomic E-state index is 11.9. The van der Waals surface area contributed by atoms with Crippen LogP contribution in [-0.4, -0.2) is 17.4 Å². The van der Waals surface area contributed by atoms with Crippen LogP contribution in [0.2, 0.25) is 0 Å². The summed E-state index contributed by atoms with van der Waals surface area (Å²) in [5.74, 6) is 3.98. The van der Waals surface area contributed by atoms with E-state index >= 15 is 0 Å². The third kappa shape index (κ3) is 3.40. The van der Waals surface area contributed by atoms with Crippen molar-refractivity contribution < 1.29 is 14.6 Å². The van der Waals surface area contributed by atoms with Crippen LogP contribution in [0.15, 0.2) is 11.6 Å². The Morgan fingerprint density at radius 2 is 1.86 bits per heavy atom. The summed E-state index contributed by atoms with van der Waals surface area (Å²) in [6.45, 7) is 11.9. The second-order valence-electron chi connectivity index (χ2n) is 11.7. The first kappa shape index (κ1) is 21.4. The van der Waals surface area contributed by atoms with Crippen LogP contribution in [0.3, 0.4) is 0 Å². The predicted octanol–water partition coefficient (Wildman–Crippen LogP) is 6.11. The van der Waals surface area contributed by atoms with Crippen LogP contribution in [-0.2, 0) is 9.53 Å². The molecule has 164 valence electrons. The molecule has 29 heavy (non-hydrogen) atoms. The van der Waals surface area contributed by atoms with E-state index < -0.39 is 6.29 Å². The lowest BCUT2D eigenvalue weighted by atomic mass is 9.47. The van der Waals surface area contributed by atoms with Crippen molar-refractivity contribution in [3.05, 3.63) is 11.6 Å². The maximum atomic E-state index is 11.9. The molecule has 0 radical (unpaired) electrons. The number of carbonyl (C=O) groups excluding carboxylic acids is 1. The Bertz CT molecular complexity index is 667. The second kappa shape index (κ2) is 7.70. The average Bonchev–Trinajstić information content (AvgIpc) is 3.00. The SMILES string of the molecule is CC(C)CCC[C@@H](C)[C@H]1CC[C@H]2[C@@H]3CCC4=CC(=O)O[C@H](O)[C@]4(C)[C@H]3CC[C@]12C. The van der Waals surface area contributed by atoms with E-state index in [1.807, 2.05) is 0 Å². The fourth-order valence-corrected chi connectivity index (χ4v) is 8.27. The highest BCUT2D eigenvalue weighted by Crippen LogP contribution is 2.67. The van der Waals surface area contributed by atoms with Crippen molar-refractivity contribution in [2.75, 3.05) is 0 Å². The molecule has 1 heterocycles. The zero-order valence-corrected chi connectivity index (χ0v) is 19.2. The summed E-state index contributed by atoms with van der Waals surface area (Å²) in [6, 6.07) is 0. The number of rotatable bonds is 5. The van der Waals surface area contributed by atoms with Crippen molar-refractivity contribution in [2.24, 2.45) is 46.3 Å². The summed E-state index contributed by atoms with van der Waals surface area (Å²) >= 11 is 0. The fraction of sp³-hybridized carbons (Fsp3) is 0.885. The molecule has 8 atom stereocenters. The zero-order valence-electron chi connectivity index (χ0n) is 19.2. The summed E-state index contributed by atoms with van der Waals surface area (Å²) < 4.78 is 5.31. The zero-order chi connectivity index (χ0) is 21.0. The van der Waals surface area contributed by atoms with Gasteiger partial charge in [-0.25, -0.2) is 4.79 Å². The van der Waals surface area contributed by atoms with Crippen molar-refractivity contribution in [3.63, 3.8) is 0 Å². The minimum Gasteiger partial charge on any atom is -0.432 e. The molecular weight excluding hydrogens is 360 g/mol. The maximum Gasteiger partial charge on any atom is 0.333 e. The first-order chi connectivity index (χ1) is 13.7. The van der Waals surface area contributed by atoms with Crippen LogP contribution in [0.1, 0.15) is 92.4 Å². The number of cyclic esters (lactones) is 1. The molecule has 3 heteroatoms. The van der Waals surface area contributed by atoms with Crippen LogP contribution >= 0.6 is 0 Å². The van der Waals surface area contributed by atoms with Gasteiger partial charge < -0.3 is 9.84 Å². The van der Waals surface area contributed by atoms with Crippen molar-refractivity contribution in [1.29, 1.82) is 0 Å². The highest BCUT2D eigenvalue weighted by Gasteiger charge is 2.61. The number of ether oxygens (including phenoxy) is 1. The number of aliphatic hydroxyl groups is 1. The molecule has 3 nitrogen and oxygen atoms in total. The monoisotopic (exact) mass is 402 g/mol. The average molecular weight is 403 g/mol. The first-order valence-corrected chi connectivity index (χ1v) is 12.3. The van der Waals surface area contributed by atoms with Gasteiger partial charge in [-0.1, -0.05) is 52.5 Å². The van der Waals surface area contributed by atoms with Crippen LogP contribution < -0.4 is 0 Å².